The molecule has 1 atom stereocenters. The molecule has 0 aromatic heterocycles. The largest absolute Gasteiger partial charge is 0.338 e. The van der Waals surface area contributed by atoms with Gasteiger partial charge in [0, 0.05) is 36.3 Å². The summed E-state index contributed by atoms with van der Waals surface area (Å²) in [7, 11) is -3.65. The van der Waals surface area contributed by atoms with Gasteiger partial charge in [0.15, 0.2) is 9.84 Å². The second kappa shape index (κ2) is 7.43. The number of sulfone groups is 1. The fourth-order valence-corrected chi connectivity index (χ4v) is 4.97. The number of benzene rings is 2. The van der Waals surface area contributed by atoms with Gasteiger partial charge >= 0.3 is 0 Å². The zero-order valence-electron chi connectivity index (χ0n) is 14.2. The molecular formula is C18H17FN2O5S. The second-order valence-corrected chi connectivity index (χ2v) is 8.57. The molecule has 0 radical (unpaired) electrons. The molecule has 1 fully saturated rings. The molecule has 7 nitrogen and oxygen atoms in total. The Morgan fingerprint density at radius 1 is 1.15 bits per heavy atom. The van der Waals surface area contributed by atoms with E-state index in [-0.39, 0.29) is 42.1 Å². The average Bonchev–Trinajstić information content (AvgIpc) is 2.80. The molecule has 1 unspecified atom stereocenters. The van der Waals surface area contributed by atoms with E-state index in [0.29, 0.717) is 0 Å². The van der Waals surface area contributed by atoms with Gasteiger partial charge in [-0.2, -0.15) is 0 Å². The summed E-state index contributed by atoms with van der Waals surface area (Å²) in [6, 6.07) is 11.0. The lowest BCUT2D eigenvalue weighted by Gasteiger charge is -2.20. The van der Waals surface area contributed by atoms with Crippen molar-refractivity contribution in [2.24, 2.45) is 0 Å². The summed E-state index contributed by atoms with van der Waals surface area (Å²) in [4.78, 5) is 24.3. The minimum atomic E-state index is -3.65. The number of nitrogens with zero attached hydrogens (tertiary/aromatic N) is 2. The lowest BCUT2D eigenvalue weighted by atomic mass is 10.1. The van der Waals surface area contributed by atoms with Gasteiger partial charge in [0.25, 0.3) is 11.6 Å². The highest BCUT2D eigenvalue weighted by Crippen LogP contribution is 2.31. The van der Waals surface area contributed by atoms with E-state index >= 15 is 0 Å². The summed E-state index contributed by atoms with van der Waals surface area (Å²) in [5, 5.41) is 9.86. The number of carbonyl (C=O) groups is 1. The maximum Gasteiger partial charge on any atom is 0.270 e. The third-order valence-electron chi connectivity index (χ3n) is 4.58. The first kappa shape index (κ1) is 19.0. The number of nitro groups is 1. The van der Waals surface area contributed by atoms with Gasteiger partial charge in [0.05, 0.1) is 15.9 Å². The monoisotopic (exact) mass is 392 g/mol. The smallest absolute Gasteiger partial charge is 0.270 e. The van der Waals surface area contributed by atoms with Gasteiger partial charge < -0.3 is 4.90 Å². The van der Waals surface area contributed by atoms with Crippen LogP contribution in [-0.4, -0.2) is 43.0 Å². The number of hydrogen-bond donors (Lipinski definition) is 0. The van der Waals surface area contributed by atoms with Crippen LogP contribution in [0.4, 0.5) is 10.1 Å². The first-order valence-electron chi connectivity index (χ1n) is 8.29. The van der Waals surface area contributed by atoms with Crippen molar-refractivity contribution in [2.45, 2.75) is 11.7 Å². The average molecular weight is 392 g/mol. The van der Waals surface area contributed by atoms with Crippen molar-refractivity contribution in [1.29, 1.82) is 0 Å². The van der Waals surface area contributed by atoms with Crippen molar-refractivity contribution in [1.82, 2.24) is 4.90 Å². The van der Waals surface area contributed by atoms with E-state index in [2.05, 4.69) is 0 Å². The normalized spacial score (nSPS) is 19.3. The Kier molecular flexibility index (Phi) is 5.22. The van der Waals surface area contributed by atoms with E-state index in [1.165, 1.54) is 41.3 Å². The van der Waals surface area contributed by atoms with Crippen LogP contribution in [0, 0.1) is 15.9 Å². The highest BCUT2D eigenvalue weighted by molar-refractivity contribution is 7.91. The predicted molar refractivity (Wildman–Crippen MR) is 96.5 cm³/mol. The summed E-state index contributed by atoms with van der Waals surface area (Å²) in [5.41, 5.74) is 0.000569. The maximum absolute atomic E-state index is 14.1. The second-order valence-electron chi connectivity index (χ2n) is 6.27. The number of carbonyl (C=O) groups excluding carboxylic acids is 1. The summed E-state index contributed by atoms with van der Waals surface area (Å²) >= 11 is 0. The number of non-ortho nitro benzene ring substituents is 1. The van der Waals surface area contributed by atoms with Crippen molar-refractivity contribution in [2.75, 3.05) is 18.8 Å². The molecule has 27 heavy (non-hydrogen) atoms. The van der Waals surface area contributed by atoms with E-state index < -0.39 is 31.7 Å². The molecule has 1 saturated heterocycles. The van der Waals surface area contributed by atoms with Crippen molar-refractivity contribution >= 4 is 21.4 Å². The van der Waals surface area contributed by atoms with Gasteiger partial charge in [0.1, 0.15) is 5.82 Å². The van der Waals surface area contributed by atoms with Crippen LogP contribution in [0.2, 0.25) is 0 Å². The van der Waals surface area contributed by atoms with Crippen LogP contribution in [0.25, 0.3) is 0 Å². The molecule has 3 rings (SSSR count). The molecule has 0 aliphatic carbocycles. The third kappa shape index (κ3) is 3.97. The quantitative estimate of drug-likeness (QED) is 0.591. The van der Waals surface area contributed by atoms with Gasteiger partial charge in [-0.3, -0.25) is 14.9 Å². The topological polar surface area (TPSA) is 97.6 Å². The van der Waals surface area contributed by atoms with Crippen molar-refractivity contribution in [3.8, 4) is 0 Å². The van der Waals surface area contributed by atoms with Crippen LogP contribution in [0.15, 0.2) is 48.5 Å². The van der Waals surface area contributed by atoms with Gasteiger partial charge in [-0.25, -0.2) is 12.8 Å². The minimum Gasteiger partial charge on any atom is -0.338 e. The van der Waals surface area contributed by atoms with Crippen LogP contribution in [0.5, 0.6) is 0 Å². The molecule has 0 spiro atoms. The summed E-state index contributed by atoms with van der Waals surface area (Å²) in [5.74, 6) is -1.38. The Labute approximate surface area is 155 Å². The zero-order chi connectivity index (χ0) is 19.6. The highest BCUT2D eigenvalue weighted by Gasteiger charge is 2.34. The Bertz CT molecular complexity index is 993. The Morgan fingerprint density at radius 2 is 1.89 bits per heavy atom. The predicted octanol–water partition coefficient (Wildman–Crippen LogP) is 2.74. The van der Waals surface area contributed by atoms with Crippen molar-refractivity contribution in [3.05, 3.63) is 75.6 Å². The number of halogens is 1. The molecule has 1 amide bonds. The minimum absolute atomic E-state index is 0.0468. The Balaban J connectivity index is 1.85. The third-order valence-corrected chi connectivity index (χ3v) is 6.69. The summed E-state index contributed by atoms with van der Waals surface area (Å²) < 4.78 is 39.3. The summed E-state index contributed by atoms with van der Waals surface area (Å²) in [6.07, 6.45) is 0.0595. The molecule has 0 saturated carbocycles. The van der Waals surface area contributed by atoms with Crippen LogP contribution < -0.4 is 0 Å². The zero-order valence-corrected chi connectivity index (χ0v) is 15.1. The molecule has 9 heteroatoms. The van der Waals surface area contributed by atoms with E-state index in [1.54, 1.807) is 6.07 Å². The molecule has 0 bridgehead atoms. The van der Waals surface area contributed by atoms with E-state index in [1.807, 2.05) is 0 Å². The summed E-state index contributed by atoms with van der Waals surface area (Å²) in [6.45, 7) is 0.0641. The Morgan fingerprint density at radius 3 is 2.59 bits per heavy atom. The van der Waals surface area contributed by atoms with Gasteiger partial charge in [-0.1, -0.05) is 24.3 Å². The fraction of sp³-hybridized carbons (Fsp3) is 0.278. The number of rotatable bonds is 3. The van der Waals surface area contributed by atoms with E-state index in [0.717, 1.165) is 6.07 Å². The van der Waals surface area contributed by atoms with Gasteiger partial charge in [-0.15, -0.1) is 0 Å². The number of hydrogen-bond acceptors (Lipinski definition) is 5. The Hall–Kier alpha value is -2.81. The lowest BCUT2D eigenvalue weighted by Crippen LogP contribution is -2.33. The van der Waals surface area contributed by atoms with Gasteiger partial charge in [-0.05, 0) is 18.6 Å². The highest BCUT2D eigenvalue weighted by atomic mass is 32.2. The van der Waals surface area contributed by atoms with Gasteiger partial charge in [0.2, 0.25) is 0 Å². The molecule has 2 aromatic carbocycles. The molecule has 1 heterocycles. The molecule has 1 aliphatic heterocycles. The van der Waals surface area contributed by atoms with Crippen molar-refractivity contribution in [3.63, 3.8) is 0 Å². The fourth-order valence-electron chi connectivity index (χ4n) is 3.17. The van der Waals surface area contributed by atoms with Crippen LogP contribution in [-0.2, 0) is 9.84 Å². The number of amides is 1. The van der Waals surface area contributed by atoms with E-state index in [9.17, 15) is 27.7 Å². The molecule has 1 aliphatic rings. The van der Waals surface area contributed by atoms with E-state index in [4.69, 9.17) is 0 Å². The van der Waals surface area contributed by atoms with Crippen molar-refractivity contribution < 1.29 is 22.5 Å². The maximum atomic E-state index is 14.1. The molecule has 142 valence electrons. The standard InChI is InChI=1S/C18H17FN2O5S/c19-16-7-2-1-6-15(16)17-8-9-20(10-11-27(17,25)26)18(22)13-4-3-5-14(12-13)21(23)24/h1-7,12,17H,8-11H2. The molecular weight excluding hydrogens is 375 g/mol. The van der Waals surface area contributed by atoms with Crippen LogP contribution in [0.3, 0.4) is 0 Å². The first-order valence-corrected chi connectivity index (χ1v) is 10.0. The first-order chi connectivity index (χ1) is 12.8. The number of nitro benzene ring substituents is 1. The molecule has 0 N–H and O–H groups in total. The van der Waals surface area contributed by atoms with Crippen LogP contribution >= 0.6 is 0 Å². The van der Waals surface area contributed by atoms with Crippen LogP contribution in [0.1, 0.15) is 27.6 Å². The SMILES string of the molecule is O=C(c1cccc([N+](=O)[O-])c1)N1CCC(c2ccccc2F)S(=O)(=O)CC1. The lowest BCUT2D eigenvalue weighted by molar-refractivity contribution is -0.384. The molecule has 2 aromatic rings.